The normalized spacial score (nSPS) is 10.4. The zero-order valence-electron chi connectivity index (χ0n) is 7.70. The second kappa shape index (κ2) is 4.07. The molecule has 0 radical (unpaired) electrons. The summed E-state index contributed by atoms with van der Waals surface area (Å²) < 4.78 is 29.4. The van der Waals surface area contributed by atoms with Crippen LogP contribution < -0.4 is 10.5 Å². The summed E-state index contributed by atoms with van der Waals surface area (Å²) in [6, 6.07) is 0.898. The second-order valence-electron chi connectivity index (χ2n) is 2.63. The molecule has 3 N–H and O–H groups in total. The van der Waals surface area contributed by atoms with Crippen molar-refractivity contribution in [3.8, 4) is 5.88 Å². The van der Waals surface area contributed by atoms with Gasteiger partial charge < -0.3 is 15.6 Å². The highest BCUT2D eigenvalue weighted by atomic mass is 19.3. The third kappa shape index (κ3) is 2.12. The van der Waals surface area contributed by atoms with E-state index in [0.29, 0.717) is 0 Å². The third-order valence-electron chi connectivity index (χ3n) is 1.68. The van der Waals surface area contributed by atoms with Gasteiger partial charge in [-0.15, -0.1) is 0 Å². The maximum Gasteiger partial charge on any atom is 0.337 e. The molecule has 0 atom stereocenters. The van der Waals surface area contributed by atoms with Crippen LogP contribution in [0.3, 0.4) is 0 Å². The Morgan fingerprint density at radius 2 is 2.27 bits per heavy atom. The lowest BCUT2D eigenvalue weighted by Crippen LogP contribution is -2.08. The van der Waals surface area contributed by atoms with Gasteiger partial charge in [-0.25, -0.2) is 18.6 Å². The van der Waals surface area contributed by atoms with Crippen LogP contribution in [0.25, 0.3) is 0 Å². The number of carboxylic acids is 1. The summed E-state index contributed by atoms with van der Waals surface area (Å²) in [4.78, 5) is 13.9. The number of carboxylic acid groups (broad SMARTS) is 1. The molecule has 0 aliphatic heterocycles. The number of alkyl halides is 2. The van der Waals surface area contributed by atoms with E-state index in [1.165, 1.54) is 7.11 Å². The number of pyridine rings is 1. The van der Waals surface area contributed by atoms with Gasteiger partial charge in [0.15, 0.2) is 0 Å². The van der Waals surface area contributed by atoms with Gasteiger partial charge in [0.1, 0.15) is 5.69 Å². The zero-order valence-corrected chi connectivity index (χ0v) is 7.70. The van der Waals surface area contributed by atoms with E-state index in [2.05, 4.69) is 9.72 Å². The van der Waals surface area contributed by atoms with Crippen LogP contribution >= 0.6 is 0 Å². The van der Waals surface area contributed by atoms with Gasteiger partial charge >= 0.3 is 5.97 Å². The van der Waals surface area contributed by atoms with Crippen LogP contribution in [-0.2, 0) is 0 Å². The molecule has 0 saturated carbocycles. The molecule has 0 spiro atoms. The predicted molar refractivity (Wildman–Crippen MR) is 47.1 cm³/mol. The van der Waals surface area contributed by atoms with Gasteiger partial charge in [0.25, 0.3) is 6.43 Å². The maximum atomic E-state index is 12.4. The van der Waals surface area contributed by atoms with Crippen molar-refractivity contribution in [1.29, 1.82) is 0 Å². The fourth-order valence-electron chi connectivity index (χ4n) is 1.03. The lowest BCUT2D eigenvalue weighted by Gasteiger charge is -2.08. The summed E-state index contributed by atoms with van der Waals surface area (Å²) in [5.74, 6) is -1.72. The van der Waals surface area contributed by atoms with Crippen LogP contribution in [0.1, 0.15) is 22.5 Å². The molecule has 0 saturated heterocycles. The maximum absolute atomic E-state index is 12.4. The van der Waals surface area contributed by atoms with Crippen molar-refractivity contribution in [1.82, 2.24) is 4.98 Å². The largest absolute Gasteiger partial charge is 0.480 e. The van der Waals surface area contributed by atoms with Crippen molar-refractivity contribution in [3.05, 3.63) is 17.3 Å². The Bertz CT molecular complexity index is 396. The van der Waals surface area contributed by atoms with E-state index in [9.17, 15) is 13.6 Å². The summed E-state index contributed by atoms with van der Waals surface area (Å²) in [5.41, 5.74) is 3.77. The number of nitrogen functional groups attached to an aromatic ring is 1. The number of nitrogens with zero attached hydrogens (tertiary/aromatic N) is 1. The standard InChI is InChI=1S/C8H8F2N2O3/c1-15-7-4(11)2-3(8(13)14)5(12-7)6(9)10/h2,6H,11H2,1H3,(H,13,14). The summed E-state index contributed by atoms with van der Waals surface area (Å²) in [5, 5.41) is 8.63. The van der Waals surface area contributed by atoms with Crippen LogP contribution in [0, 0.1) is 0 Å². The molecule has 5 nitrogen and oxygen atoms in total. The van der Waals surface area contributed by atoms with E-state index in [4.69, 9.17) is 10.8 Å². The summed E-state index contributed by atoms with van der Waals surface area (Å²) in [7, 11) is 1.20. The smallest absolute Gasteiger partial charge is 0.337 e. The number of hydrogen-bond acceptors (Lipinski definition) is 4. The summed E-state index contributed by atoms with van der Waals surface area (Å²) >= 11 is 0. The Morgan fingerprint density at radius 3 is 2.67 bits per heavy atom. The molecule has 1 aromatic rings. The molecule has 1 heterocycles. The van der Waals surface area contributed by atoms with Crippen LogP contribution in [0.4, 0.5) is 14.5 Å². The first kappa shape index (κ1) is 11.2. The first-order valence-corrected chi connectivity index (χ1v) is 3.83. The first-order valence-electron chi connectivity index (χ1n) is 3.83. The van der Waals surface area contributed by atoms with Crippen LogP contribution in [0.15, 0.2) is 6.07 Å². The third-order valence-corrected chi connectivity index (χ3v) is 1.68. The molecule has 0 fully saturated rings. The number of hydrogen-bond donors (Lipinski definition) is 2. The fourth-order valence-corrected chi connectivity index (χ4v) is 1.03. The highest BCUT2D eigenvalue weighted by molar-refractivity contribution is 5.90. The van der Waals surface area contributed by atoms with Gasteiger partial charge in [-0.1, -0.05) is 0 Å². The van der Waals surface area contributed by atoms with Gasteiger partial charge in [0, 0.05) is 0 Å². The Kier molecular flexibility index (Phi) is 3.03. The monoisotopic (exact) mass is 218 g/mol. The predicted octanol–water partition coefficient (Wildman–Crippen LogP) is 1.31. The molecular formula is C8H8F2N2O3. The van der Waals surface area contributed by atoms with E-state index < -0.39 is 23.7 Å². The van der Waals surface area contributed by atoms with Gasteiger partial charge in [-0.05, 0) is 6.07 Å². The van der Waals surface area contributed by atoms with Gasteiger partial charge in [0.2, 0.25) is 5.88 Å². The number of anilines is 1. The molecule has 0 unspecified atom stereocenters. The number of halogens is 2. The van der Waals surface area contributed by atoms with Crippen molar-refractivity contribution in [2.45, 2.75) is 6.43 Å². The van der Waals surface area contributed by atoms with Gasteiger partial charge in [0.05, 0.1) is 18.4 Å². The average Bonchev–Trinajstić information content (AvgIpc) is 2.16. The number of nitrogens with two attached hydrogens (primary N) is 1. The number of aromatic nitrogens is 1. The highest BCUT2D eigenvalue weighted by Crippen LogP contribution is 2.28. The number of carbonyl (C=O) groups is 1. The number of ether oxygens (including phenoxy) is 1. The van der Waals surface area contributed by atoms with Crippen LogP contribution in [0.5, 0.6) is 5.88 Å². The molecule has 0 aromatic carbocycles. The summed E-state index contributed by atoms with van der Waals surface area (Å²) in [6.07, 6.45) is -2.99. The Morgan fingerprint density at radius 1 is 1.67 bits per heavy atom. The van der Waals surface area contributed by atoms with Crippen molar-refractivity contribution < 1.29 is 23.4 Å². The Balaban J connectivity index is 3.38. The zero-order chi connectivity index (χ0) is 11.6. The van der Waals surface area contributed by atoms with E-state index in [1.807, 2.05) is 0 Å². The minimum Gasteiger partial charge on any atom is -0.480 e. The van der Waals surface area contributed by atoms with Gasteiger partial charge in [-0.2, -0.15) is 0 Å². The second-order valence-corrected chi connectivity index (χ2v) is 2.63. The topological polar surface area (TPSA) is 85.4 Å². The molecule has 0 aliphatic carbocycles. The van der Waals surface area contributed by atoms with Crippen LogP contribution in [0.2, 0.25) is 0 Å². The molecule has 1 aromatic heterocycles. The molecule has 0 amide bonds. The minimum atomic E-state index is -2.99. The first-order chi connectivity index (χ1) is 6.97. The van der Waals surface area contributed by atoms with Crippen molar-refractivity contribution in [2.24, 2.45) is 0 Å². The molecule has 1 rings (SSSR count). The summed E-state index contributed by atoms with van der Waals surface area (Å²) in [6.45, 7) is 0. The molecule has 0 bridgehead atoms. The lowest BCUT2D eigenvalue weighted by molar-refractivity contribution is 0.0682. The van der Waals surface area contributed by atoms with E-state index in [-0.39, 0.29) is 11.6 Å². The van der Waals surface area contributed by atoms with Crippen LogP contribution in [-0.4, -0.2) is 23.2 Å². The van der Waals surface area contributed by atoms with Crippen molar-refractivity contribution >= 4 is 11.7 Å². The van der Waals surface area contributed by atoms with E-state index in [0.717, 1.165) is 6.07 Å². The molecule has 82 valence electrons. The molecular weight excluding hydrogens is 210 g/mol. The van der Waals surface area contributed by atoms with E-state index >= 15 is 0 Å². The number of aromatic carboxylic acids is 1. The Labute approximate surface area is 83.5 Å². The van der Waals surface area contributed by atoms with Gasteiger partial charge in [-0.3, -0.25) is 0 Å². The van der Waals surface area contributed by atoms with Crippen molar-refractivity contribution in [3.63, 3.8) is 0 Å². The Hall–Kier alpha value is -1.92. The average molecular weight is 218 g/mol. The number of rotatable bonds is 3. The minimum absolute atomic E-state index is 0.0979. The highest BCUT2D eigenvalue weighted by Gasteiger charge is 2.22. The molecule has 15 heavy (non-hydrogen) atoms. The van der Waals surface area contributed by atoms with E-state index in [1.54, 1.807) is 0 Å². The molecule has 0 aliphatic rings. The van der Waals surface area contributed by atoms with Crippen molar-refractivity contribution in [2.75, 3.05) is 12.8 Å². The molecule has 7 heteroatoms. The lowest BCUT2D eigenvalue weighted by atomic mass is 10.2. The fraction of sp³-hybridized carbons (Fsp3) is 0.250. The SMILES string of the molecule is COc1nc(C(F)F)c(C(=O)O)cc1N. The quantitative estimate of drug-likeness (QED) is 0.798. The number of methoxy groups -OCH3 is 1.